The topological polar surface area (TPSA) is 15.6 Å². The summed E-state index contributed by atoms with van der Waals surface area (Å²) in [7, 11) is 0. The second-order valence-corrected chi connectivity index (χ2v) is 4.35. The Hall–Kier alpha value is -0.730. The van der Waals surface area contributed by atoms with Crippen molar-refractivity contribution in [2.45, 2.75) is 13.3 Å². The van der Waals surface area contributed by atoms with Crippen molar-refractivity contribution in [3.05, 3.63) is 35.9 Å². The van der Waals surface area contributed by atoms with Gasteiger partial charge < -0.3 is 0 Å². The van der Waals surface area contributed by atoms with Crippen molar-refractivity contribution < 1.29 is 0 Å². The normalized spacial score (nSPS) is 11.6. The second kappa shape index (κ2) is 8.37. The van der Waals surface area contributed by atoms with Crippen LogP contribution in [0.5, 0.6) is 0 Å². The summed E-state index contributed by atoms with van der Waals surface area (Å²) in [6.45, 7) is 3.56. The van der Waals surface area contributed by atoms with Crippen molar-refractivity contribution in [1.82, 2.24) is 5.01 Å². The van der Waals surface area contributed by atoms with Gasteiger partial charge in [0.2, 0.25) is 0 Å². The molecule has 0 fully saturated rings. The smallest absolute Gasteiger partial charge is 0.0674 e. The van der Waals surface area contributed by atoms with Crippen molar-refractivity contribution in [1.29, 1.82) is 0 Å². The minimum absolute atomic E-state index is 0.562. The third-order valence-corrected chi connectivity index (χ3v) is 2.73. The van der Waals surface area contributed by atoms with E-state index in [4.69, 9.17) is 23.2 Å². The van der Waals surface area contributed by atoms with Gasteiger partial charge in [-0.2, -0.15) is 5.10 Å². The first-order chi connectivity index (χ1) is 8.31. The van der Waals surface area contributed by atoms with E-state index in [1.165, 1.54) is 0 Å². The molecule has 0 N–H and O–H groups in total. The molecule has 1 aromatic rings. The predicted molar refractivity (Wildman–Crippen MR) is 76.3 cm³/mol. The number of halogens is 2. The molecule has 0 atom stereocenters. The molecule has 0 spiro atoms. The summed E-state index contributed by atoms with van der Waals surface area (Å²) in [4.78, 5) is 0. The zero-order valence-corrected chi connectivity index (χ0v) is 11.6. The van der Waals surface area contributed by atoms with Crippen LogP contribution in [-0.2, 0) is 0 Å². The molecule has 0 radical (unpaired) electrons. The standard InChI is InChI=1S/C13H18Cl2N2/c1-2-13(12-6-4-3-5-7-12)16-17(10-8-14)11-9-15/h3-7H,2,8-11H2,1H3/b16-13-. The minimum atomic E-state index is 0.562. The van der Waals surface area contributed by atoms with Crippen LogP contribution >= 0.6 is 23.2 Å². The largest absolute Gasteiger partial charge is 0.294 e. The molecule has 0 aliphatic heterocycles. The van der Waals surface area contributed by atoms with Crippen LogP contribution in [0.1, 0.15) is 18.9 Å². The molecule has 94 valence electrons. The fourth-order valence-corrected chi connectivity index (χ4v) is 1.93. The molecule has 1 aromatic carbocycles. The molecule has 0 unspecified atom stereocenters. The summed E-state index contributed by atoms with van der Waals surface area (Å²) in [5.41, 5.74) is 2.23. The summed E-state index contributed by atoms with van der Waals surface area (Å²) in [5, 5.41) is 6.56. The number of hydrazone groups is 1. The Labute approximate surface area is 113 Å². The van der Waals surface area contributed by atoms with Gasteiger partial charge in [-0.05, 0) is 12.0 Å². The Morgan fingerprint density at radius 1 is 1.12 bits per heavy atom. The van der Waals surface area contributed by atoms with Crippen LogP contribution in [0.3, 0.4) is 0 Å². The molecule has 0 aliphatic rings. The molecule has 0 heterocycles. The minimum Gasteiger partial charge on any atom is -0.294 e. The molecule has 2 nitrogen and oxygen atoms in total. The SMILES string of the molecule is CC/C(=N/N(CCCl)CCCl)c1ccccc1. The number of hydrogen-bond acceptors (Lipinski definition) is 2. The number of benzene rings is 1. The molecule has 1 rings (SSSR count). The van der Waals surface area contributed by atoms with Gasteiger partial charge in [0.15, 0.2) is 0 Å². The zero-order chi connectivity index (χ0) is 12.5. The van der Waals surface area contributed by atoms with E-state index in [1.54, 1.807) is 0 Å². The molecular formula is C13H18Cl2N2. The first-order valence-corrected chi connectivity index (χ1v) is 6.88. The summed E-state index contributed by atoms with van der Waals surface area (Å²) in [6.07, 6.45) is 0.894. The Bertz CT molecular complexity index is 333. The van der Waals surface area contributed by atoms with Crippen LogP contribution in [0.25, 0.3) is 0 Å². The zero-order valence-electron chi connectivity index (χ0n) is 10.1. The third kappa shape index (κ3) is 4.97. The monoisotopic (exact) mass is 272 g/mol. The molecule has 0 aliphatic carbocycles. The number of hydrogen-bond donors (Lipinski definition) is 0. The highest BCUT2D eigenvalue weighted by molar-refractivity contribution is 6.18. The number of alkyl halides is 2. The lowest BCUT2D eigenvalue weighted by Gasteiger charge is -2.18. The van der Waals surface area contributed by atoms with Crippen LogP contribution in [0, 0.1) is 0 Å². The van der Waals surface area contributed by atoms with Crippen molar-refractivity contribution in [2.75, 3.05) is 24.8 Å². The van der Waals surface area contributed by atoms with Gasteiger partial charge in [0.05, 0.1) is 5.71 Å². The highest BCUT2D eigenvalue weighted by Crippen LogP contribution is 2.06. The van der Waals surface area contributed by atoms with Crippen molar-refractivity contribution >= 4 is 28.9 Å². The second-order valence-electron chi connectivity index (χ2n) is 3.60. The van der Waals surface area contributed by atoms with Gasteiger partial charge in [0.25, 0.3) is 0 Å². The van der Waals surface area contributed by atoms with Gasteiger partial charge in [0, 0.05) is 24.8 Å². The van der Waals surface area contributed by atoms with E-state index in [1.807, 2.05) is 23.2 Å². The predicted octanol–water partition coefficient (Wildman–Crippen LogP) is 3.58. The molecule has 17 heavy (non-hydrogen) atoms. The van der Waals surface area contributed by atoms with E-state index in [9.17, 15) is 0 Å². The molecule has 0 amide bonds. The van der Waals surface area contributed by atoms with Gasteiger partial charge in [-0.3, -0.25) is 5.01 Å². The Kier molecular flexibility index (Phi) is 7.06. The van der Waals surface area contributed by atoms with Crippen LogP contribution in [0.2, 0.25) is 0 Å². The van der Waals surface area contributed by atoms with Crippen LogP contribution in [0.4, 0.5) is 0 Å². The first-order valence-electron chi connectivity index (χ1n) is 5.81. The fraction of sp³-hybridized carbons (Fsp3) is 0.462. The lowest BCUT2D eigenvalue weighted by Crippen LogP contribution is -2.24. The van der Waals surface area contributed by atoms with Crippen molar-refractivity contribution in [3.63, 3.8) is 0 Å². The van der Waals surface area contributed by atoms with E-state index in [-0.39, 0.29) is 0 Å². The van der Waals surface area contributed by atoms with E-state index in [0.717, 1.165) is 30.8 Å². The van der Waals surface area contributed by atoms with Gasteiger partial charge in [-0.1, -0.05) is 37.3 Å². The van der Waals surface area contributed by atoms with Crippen LogP contribution < -0.4 is 0 Å². The fourth-order valence-electron chi connectivity index (χ4n) is 1.54. The molecule has 0 saturated heterocycles. The Morgan fingerprint density at radius 2 is 1.71 bits per heavy atom. The van der Waals surface area contributed by atoms with Crippen molar-refractivity contribution in [2.24, 2.45) is 5.10 Å². The van der Waals surface area contributed by atoms with Gasteiger partial charge in [0.1, 0.15) is 0 Å². The highest BCUT2D eigenvalue weighted by Gasteiger charge is 2.04. The highest BCUT2D eigenvalue weighted by atomic mass is 35.5. The van der Waals surface area contributed by atoms with E-state index < -0.39 is 0 Å². The maximum absolute atomic E-state index is 5.75. The van der Waals surface area contributed by atoms with Gasteiger partial charge in [-0.15, -0.1) is 23.2 Å². The average molecular weight is 273 g/mol. The van der Waals surface area contributed by atoms with Crippen LogP contribution in [-0.4, -0.2) is 35.6 Å². The van der Waals surface area contributed by atoms with Crippen LogP contribution in [0.15, 0.2) is 35.4 Å². The Balaban J connectivity index is 2.83. The summed E-state index contributed by atoms with van der Waals surface area (Å²) < 4.78 is 0. The number of rotatable bonds is 7. The van der Waals surface area contributed by atoms with Crippen molar-refractivity contribution in [3.8, 4) is 0 Å². The first kappa shape index (κ1) is 14.3. The average Bonchev–Trinajstić information content (AvgIpc) is 2.37. The maximum Gasteiger partial charge on any atom is 0.0674 e. The summed E-state index contributed by atoms with van der Waals surface area (Å²) in [5.74, 6) is 1.12. The third-order valence-electron chi connectivity index (χ3n) is 2.39. The summed E-state index contributed by atoms with van der Waals surface area (Å²) >= 11 is 11.5. The Morgan fingerprint density at radius 3 is 2.18 bits per heavy atom. The van der Waals surface area contributed by atoms with Gasteiger partial charge in [-0.25, -0.2) is 0 Å². The lowest BCUT2D eigenvalue weighted by atomic mass is 10.1. The molecule has 0 aromatic heterocycles. The van der Waals surface area contributed by atoms with E-state index in [2.05, 4.69) is 24.2 Å². The molecular weight excluding hydrogens is 255 g/mol. The van der Waals surface area contributed by atoms with E-state index in [0.29, 0.717) is 11.8 Å². The molecule has 4 heteroatoms. The van der Waals surface area contributed by atoms with E-state index >= 15 is 0 Å². The molecule has 0 saturated carbocycles. The molecule has 0 bridgehead atoms. The lowest BCUT2D eigenvalue weighted by molar-refractivity contribution is 0.325. The maximum atomic E-state index is 5.75. The summed E-state index contributed by atoms with van der Waals surface area (Å²) in [6, 6.07) is 10.2. The quantitative estimate of drug-likeness (QED) is 0.421. The number of nitrogens with zero attached hydrogens (tertiary/aromatic N) is 2. The van der Waals surface area contributed by atoms with Gasteiger partial charge >= 0.3 is 0 Å².